The second-order valence-electron chi connectivity index (χ2n) is 7.64. The maximum absolute atomic E-state index is 12.9. The third kappa shape index (κ3) is 4.45. The van der Waals surface area contributed by atoms with Gasteiger partial charge >= 0.3 is 12.0 Å². The number of hydrogen-bond acceptors (Lipinski definition) is 4. The highest BCUT2D eigenvalue weighted by atomic mass is 16.5. The van der Waals surface area contributed by atoms with E-state index in [1.165, 1.54) is 7.11 Å². The number of hydrogen-bond donors (Lipinski definition) is 2. The van der Waals surface area contributed by atoms with Gasteiger partial charge in [-0.2, -0.15) is 0 Å². The Balaban J connectivity index is 1.44. The number of benzene rings is 2. The molecule has 1 unspecified atom stereocenters. The highest BCUT2D eigenvalue weighted by Crippen LogP contribution is 2.26. The summed E-state index contributed by atoms with van der Waals surface area (Å²) in [6.07, 6.45) is 2.24. The number of para-hydroxylation sites is 2. The van der Waals surface area contributed by atoms with Gasteiger partial charge in [0.2, 0.25) is 0 Å². The Morgan fingerprint density at radius 1 is 1.20 bits per heavy atom. The van der Waals surface area contributed by atoms with Gasteiger partial charge in [-0.3, -0.25) is 0 Å². The van der Waals surface area contributed by atoms with Gasteiger partial charge in [0, 0.05) is 25.4 Å². The molecule has 4 rings (SSSR count). The number of methoxy groups -OCH3 is 1. The monoisotopic (exact) mass is 406 g/mol. The lowest BCUT2D eigenvalue weighted by molar-refractivity contribution is -0.142. The number of likely N-dealkylation sites (tertiary alicyclic amines) is 1. The summed E-state index contributed by atoms with van der Waals surface area (Å²) in [5.41, 5.74) is 2.90. The van der Waals surface area contributed by atoms with E-state index in [4.69, 9.17) is 9.72 Å². The quantitative estimate of drug-likeness (QED) is 0.637. The van der Waals surface area contributed by atoms with E-state index in [1.54, 1.807) is 4.90 Å². The fourth-order valence-corrected chi connectivity index (χ4v) is 3.98. The Morgan fingerprint density at radius 2 is 1.97 bits per heavy atom. The molecule has 0 spiro atoms. The summed E-state index contributed by atoms with van der Waals surface area (Å²) >= 11 is 0. The van der Waals surface area contributed by atoms with Crippen molar-refractivity contribution in [3.63, 3.8) is 0 Å². The summed E-state index contributed by atoms with van der Waals surface area (Å²) in [7, 11) is 1.34. The molecule has 0 saturated carbocycles. The number of carbonyl (C=O) groups excluding carboxylic acids is 2. The number of imidazole rings is 1. The Morgan fingerprint density at radius 3 is 2.73 bits per heavy atom. The zero-order chi connectivity index (χ0) is 20.9. The Bertz CT molecular complexity index is 984. The number of carbonyl (C=O) groups is 2. The summed E-state index contributed by atoms with van der Waals surface area (Å²) in [5.74, 6) is 0.600. The number of aromatic nitrogens is 2. The van der Waals surface area contributed by atoms with Crippen molar-refractivity contribution >= 4 is 23.0 Å². The molecule has 0 aliphatic carbocycles. The lowest BCUT2D eigenvalue weighted by Gasteiger charge is -2.32. The molecule has 2 amide bonds. The number of ether oxygens (including phenoxy) is 1. The smallest absolute Gasteiger partial charge is 0.328 e. The van der Waals surface area contributed by atoms with Crippen LogP contribution in [0.1, 0.15) is 30.1 Å². The van der Waals surface area contributed by atoms with E-state index in [0.717, 1.165) is 35.3 Å². The molecule has 2 atom stereocenters. The number of fused-ring (bicyclic) bond motifs is 1. The number of rotatable bonds is 5. The zero-order valence-corrected chi connectivity index (χ0v) is 17.0. The van der Waals surface area contributed by atoms with Crippen LogP contribution in [-0.2, 0) is 16.0 Å². The van der Waals surface area contributed by atoms with Gasteiger partial charge in [0.05, 0.1) is 18.1 Å². The van der Waals surface area contributed by atoms with E-state index < -0.39 is 12.0 Å². The van der Waals surface area contributed by atoms with Crippen LogP contribution in [0.4, 0.5) is 4.79 Å². The fraction of sp³-hybridized carbons (Fsp3) is 0.348. The minimum Gasteiger partial charge on any atom is -0.467 e. The molecule has 1 fully saturated rings. The molecule has 1 aromatic heterocycles. The van der Waals surface area contributed by atoms with Crippen LogP contribution in [0.5, 0.6) is 0 Å². The molecule has 3 aromatic rings. The third-order valence-corrected chi connectivity index (χ3v) is 5.57. The minimum absolute atomic E-state index is 0.141. The first-order valence-electron chi connectivity index (χ1n) is 10.3. The standard InChI is InChI=1S/C23H26N4O3/c1-30-22(28)20(14-16-8-3-2-4-9-16)26-23(29)27-13-7-10-17(15-27)21-24-18-11-5-6-12-19(18)25-21/h2-6,8-9,11-12,17,20H,7,10,13-15H2,1H3,(H,24,25)(H,26,29)/t17?,20-/m0/s1. The van der Waals surface area contributed by atoms with Crippen LogP contribution >= 0.6 is 0 Å². The van der Waals surface area contributed by atoms with Gasteiger partial charge in [-0.25, -0.2) is 14.6 Å². The number of esters is 1. The van der Waals surface area contributed by atoms with Crippen molar-refractivity contribution in [2.75, 3.05) is 20.2 Å². The highest BCUT2D eigenvalue weighted by molar-refractivity contribution is 5.84. The minimum atomic E-state index is -0.725. The van der Waals surface area contributed by atoms with Crippen molar-refractivity contribution in [1.29, 1.82) is 0 Å². The predicted molar refractivity (Wildman–Crippen MR) is 114 cm³/mol. The van der Waals surface area contributed by atoms with Gasteiger partial charge in [0.25, 0.3) is 0 Å². The lowest BCUT2D eigenvalue weighted by Crippen LogP contribution is -2.51. The number of nitrogens with zero attached hydrogens (tertiary/aromatic N) is 2. The van der Waals surface area contributed by atoms with Crippen LogP contribution in [0.15, 0.2) is 54.6 Å². The topological polar surface area (TPSA) is 87.3 Å². The summed E-state index contributed by atoms with van der Waals surface area (Å²) in [6.45, 7) is 1.21. The number of aromatic amines is 1. The molecule has 1 aliphatic rings. The molecule has 156 valence electrons. The molecule has 0 bridgehead atoms. The summed E-state index contributed by atoms with van der Waals surface area (Å²) in [6, 6.07) is 16.6. The molecule has 1 saturated heterocycles. The van der Waals surface area contributed by atoms with Crippen molar-refractivity contribution in [3.05, 3.63) is 66.0 Å². The maximum atomic E-state index is 12.9. The second kappa shape index (κ2) is 8.98. The van der Waals surface area contributed by atoms with Crippen molar-refractivity contribution < 1.29 is 14.3 Å². The molecule has 30 heavy (non-hydrogen) atoms. The van der Waals surface area contributed by atoms with Crippen LogP contribution in [0.2, 0.25) is 0 Å². The number of H-pyrrole nitrogens is 1. The number of amides is 2. The van der Waals surface area contributed by atoms with Crippen molar-refractivity contribution in [3.8, 4) is 0 Å². The Kier molecular flexibility index (Phi) is 5.97. The lowest BCUT2D eigenvalue weighted by atomic mass is 9.97. The Hall–Kier alpha value is -3.35. The first-order valence-corrected chi connectivity index (χ1v) is 10.3. The molecule has 7 nitrogen and oxygen atoms in total. The average molecular weight is 406 g/mol. The third-order valence-electron chi connectivity index (χ3n) is 5.57. The number of piperidine rings is 1. The van der Waals surface area contributed by atoms with Crippen LogP contribution in [0.3, 0.4) is 0 Å². The SMILES string of the molecule is COC(=O)[C@H](Cc1ccccc1)NC(=O)N1CCCC(c2nc3ccccc3[nH]2)C1. The normalized spacial score (nSPS) is 17.5. The van der Waals surface area contributed by atoms with E-state index in [1.807, 2.05) is 54.6 Å². The van der Waals surface area contributed by atoms with E-state index in [0.29, 0.717) is 19.5 Å². The van der Waals surface area contributed by atoms with E-state index >= 15 is 0 Å². The maximum Gasteiger partial charge on any atom is 0.328 e. The molecule has 2 heterocycles. The van der Waals surface area contributed by atoms with E-state index in [2.05, 4.69) is 10.3 Å². The second-order valence-corrected chi connectivity index (χ2v) is 7.64. The van der Waals surface area contributed by atoms with Gasteiger partial charge < -0.3 is 19.9 Å². The molecule has 2 N–H and O–H groups in total. The Labute approximate surface area is 175 Å². The fourth-order valence-electron chi connectivity index (χ4n) is 3.98. The van der Waals surface area contributed by atoms with Gasteiger partial charge in [-0.1, -0.05) is 42.5 Å². The average Bonchev–Trinajstić information content (AvgIpc) is 3.23. The molecular formula is C23H26N4O3. The molecule has 2 aromatic carbocycles. The predicted octanol–water partition coefficient (Wildman–Crippen LogP) is 3.24. The summed E-state index contributed by atoms with van der Waals surface area (Å²) < 4.78 is 4.91. The van der Waals surface area contributed by atoms with E-state index in [9.17, 15) is 9.59 Å². The highest BCUT2D eigenvalue weighted by Gasteiger charge is 2.30. The first kappa shape index (κ1) is 19.9. The van der Waals surface area contributed by atoms with Crippen LogP contribution in [0, 0.1) is 0 Å². The molecule has 0 radical (unpaired) electrons. The zero-order valence-electron chi connectivity index (χ0n) is 17.0. The van der Waals surface area contributed by atoms with Crippen molar-refractivity contribution in [2.24, 2.45) is 0 Å². The van der Waals surface area contributed by atoms with Crippen LogP contribution in [-0.4, -0.2) is 53.1 Å². The van der Waals surface area contributed by atoms with Gasteiger partial charge in [-0.05, 0) is 30.5 Å². The molecule has 7 heteroatoms. The molecule has 1 aliphatic heterocycles. The molecular weight excluding hydrogens is 380 g/mol. The van der Waals surface area contributed by atoms with Gasteiger partial charge in [0.1, 0.15) is 11.9 Å². The largest absolute Gasteiger partial charge is 0.467 e. The van der Waals surface area contributed by atoms with Crippen molar-refractivity contribution in [1.82, 2.24) is 20.2 Å². The number of nitrogens with one attached hydrogen (secondary N) is 2. The van der Waals surface area contributed by atoms with Crippen LogP contribution < -0.4 is 5.32 Å². The van der Waals surface area contributed by atoms with E-state index in [-0.39, 0.29) is 11.9 Å². The van der Waals surface area contributed by atoms with Crippen LogP contribution in [0.25, 0.3) is 11.0 Å². The van der Waals surface area contributed by atoms with Gasteiger partial charge in [-0.15, -0.1) is 0 Å². The number of urea groups is 1. The first-order chi connectivity index (χ1) is 14.6. The summed E-state index contributed by atoms with van der Waals surface area (Å²) in [5, 5.41) is 2.87. The summed E-state index contributed by atoms with van der Waals surface area (Å²) in [4.78, 5) is 35.0. The van der Waals surface area contributed by atoms with Crippen molar-refractivity contribution in [2.45, 2.75) is 31.2 Å². The van der Waals surface area contributed by atoms with Gasteiger partial charge in [0.15, 0.2) is 0 Å².